The summed E-state index contributed by atoms with van der Waals surface area (Å²) >= 11 is 0. The van der Waals surface area contributed by atoms with Crippen LogP contribution in [0.4, 0.5) is 5.69 Å². The molecule has 1 N–H and O–H groups in total. The Morgan fingerprint density at radius 2 is 1.95 bits per heavy atom. The first-order valence-corrected chi connectivity index (χ1v) is 6.39. The standard InChI is InChI=1S/C16H14N2O2/c1-11-4-2-3-5-13(11)18-14(9-17)12-6-7-15-16(8-12)20-10-19-15/h2-8,14,18H,10H2,1H3. The van der Waals surface area contributed by atoms with Gasteiger partial charge in [-0.1, -0.05) is 24.3 Å². The number of aryl methyl sites for hydroxylation is 1. The second-order valence-electron chi connectivity index (χ2n) is 4.63. The Morgan fingerprint density at radius 3 is 2.75 bits per heavy atom. The molecule has 1 aliphatic rings. The maximum absolute atomic E-state index is 9.40. The SMILES string of the molecule is Cc1ccccc1NC(C#N)c1ccc2c(c1)OCO2. The molecule has 1 unspecified atom stereocenters. The Bertz CT molecular complexity index is 676. The van der Waals surface area contributed by atoms with Gasteiger partial charge in [-0.2, -0.15) is 5.26 Å². The maximum atomic E-state index is 9.40. The molecule has 100 valence electrons. The molecule has 1 aliphatic heterocycles. The molecule has 3 rings (SSSR count). The quantitative estimate of drug-likeness (QED) is 0.925. The van der Waals surface area contributed by atoms with Gasteiger partial charge in [0, 0.05) is 5.69 Å². The fourth-order valence-corrected chi connectivity index (χ4v) is 2.17. The molecule has 0 radical (unpaired) electrons. The highest BCUT2D eigenvalue weighted by molar-refractivity contribution is 5.54. The average molecular weight is 266 g/mol. The molecule has 4 heteroatoms. The van der Waals surface area contributed by atoms with E-state index >= 15 is 0 Å². The van der Waals surface area contributed by atoms with Crippen molar-refractivity contribution in [2.24, 2.45) is 0 Å². The van der Waals surface area contributed by atoms with Gasteiger partial charge in [0.1, 0.15) is 6.04 Å². The van der Waals surface area contributed by atoms with Gasteiger partial charge in [-0.3, -0.25) is 0 Å². The van der Waals surface area contributed by atoms with Gasteiger partial charge in [0.05, 0.1) is 6.07 Å². The van der Waals surface area contributed by atoms with Crippen molar-refractivity contribution in [3.05, 3.63) is 53.6 Å². The molecule has 2 aromatic rings. The third-order valence-electron chi connectivity index (χ3n) is 3.30. The Hall–Kier alpha value is -2.67. The molecular weight excluding hydrogens is 252 g/mol. The van der Waals surface area contributed by atoms with E-state index in [1.54, 1.807) is 0 Å². The third kappa shape index (κ3) is 2.26. The van der Waals surface area contributed by atoms with E-state index in [9.17, 15) is 5.26 Å². The predicted octanol–water partition coefficient (Wildman–Crippen LogP) is 3.40. The van der Waals surface area contributed by atoms with Gasteiger partial charge in [0.25, 0.3) is 0 Å². The smallest absolute Gasteiger partial charge is 0.231 e. The van der Waals surface area contributed by atoms with E-state index in [0.29, 0.717) is 5.75 Å². The Kier molecular flexibility index (Phi) is 3.18. The van der Waals surface area contributed by atoms with Crippen molar-refractivity contribution in [2.75, 3.05) is 12.1 Å². The maximum Gasteiger partial charge on any atom is 0.231 e. The number of anilines is 1. The number of nitrogens with one attached hydrogen (secondary N) is 1. The van der Waals surface area contributed by atoms with Gasteiger partial charge in [0.2, 0.25) is 6.79 Å². The van der Waals surface area contributed by atoms with Crippen molar-refractivity contribution < 1.29 is 9.47 Å². The summed E-state index contributed by atoms with van der Waals surface area (Å²) in [7, 11) is 0. The molecule has 0 spiro atoms. The lowest BCUT2D eigenvalue weighted by atomic mass is 10.1. The van der Waals surface area contributed by atoms with E-state index in [1.807, 2.05) is 49.4 Å². The van der Waals surface area contributed by atoms with E-state index in [2.05, 4.69) is 11.4 Å². The van der Waals surface area contributed by atoms with Crippen molar-refractivity contribution in [3.8, 4) is 17.6 Å². The molecule has 0 aliphatic carbocycles. The molecule has 1 atom stereocenters. The minimum atomic E-state index is -0.425. The lowest BCUT2D eigenvalue weighted by molar-refractivity contribution is 0.174. The Labute approximate surface area is 117 Å². The summed E-state index contributed by atoms with van der Waals surface area (Å²) in [6, 6.07) is 15.3. The summed E-state index contributed by atoms with van der Waals surface area (Å²) in [6.07, 6.45) is 0. The molecule has 1 heterocycles. The summed E-state index contributed by atoms with van der Waals surface area (Å²) in [5.41, 5.74) is 2.92. The highest BCUT2D eigenvalue weighted by Gasteiger charge is 2.18. The van der Waals surface area contributed by atoms with Gasteiger partial charge in [-0.15, -0.1) is 0 Å². The number of ether oxygens (including phenoxy) is 2. The summed E-state index contributed by atoms with van der Waals surface area (Å²) in [5.74, 6) is 1.41. The van der Waals surface area contributed by atoms with Crippen LogP contribution in [0.25, 0.3) is 0 Å². The first-order valence-electron chi connectivity index (χ1n) is 6.39. The first-order chi connectivity index (χ1) is 9.78. The topological polar surface area (TPSA) is 54.3 Å². The molecular formula is C16H14N2O2. The number of para-hydroxylation sites is 1. The van der Waals surface area contributed by atoms with Crippen LogP contribution in [0.3, 0.4) is 0 Å². The zero-order valence-corrected chi connectivity index (χ0v) is 11.1. The number of nitriles is 1. The van der Waals surface area contributed by atoms with Crippen LogP contribution in [0.1, 0.15) is 17.2 Å². The van der Waals surface area contributed by atoms with E-state index < -0.39 is 6.04 Å². The highest BCUT2D eigenvalue weighted by atomic mass is 16.7. The summed E-state index contributed by atoms with van der Waals surface area (Å²) < 4.78 is 10.6. The van der Waals surface area contributed by atoms with Crippen LogP contribution in [0.5, 0.6) is 11.5 Å². The van der Waals surface area contributed by atoms with Crippen molar-refractivity contribution in [1.82, 2.24) is 0 Å². The fourth-order valence-electron chi connectivity index (χ4n) is 2.17. The van der Waals surface area contributed by atoms with Gasteiger partial charge in [0.15, 0.2) is 11.5 Å². The lowest BCUT2D eigenvalue weighted by Crippen LogP contribution is -2.09. The Balaban J connectivity index is 1.87. The lowest BCUT2D eigenvalue weighted by Gasteiger charge is -2.15. The normalized spacial score (nSPS) is 13.6. The zero-order valence-electron chi connectivity index (χ0n) is 11.1. The van der Waals surface area contributed by atoms with Gasteiger partial charge in [-0.05, 0) is 36.2 Å². The second kappa shape index (κ2) is 5.14. The van der Waals surface area contributed by atoms with Crippen molar-refractivity contribution in [3.63, 3.8) is 0 Å². The number of rotatable bonds is 3. The van der Waals surface area contributed by atoms with E-state index in [1.165, 1.54) is 0 Å². The van der Waals surface area contributed by atoms with Crippen LogP contribution in [-0.4, -0.2) is 6.79 Å². The molecule has 4 nitrogen and oxygen atoms in total. The molecule has 0 bridgehead atoms. The first kappa shape index (κ1) is 12.4. The van der Waals surface area contributed by atoms with Crippen LogP contribution in [0.15, 0.2) is 42.5 Å². The molecule has 0 aromatic heterocycles. The van der Waals surface area contributed by atoms with E-state index in [4.69, 9.17) is 9.47 Å². The molecule has 20 heavy (non-hydrogen) atoms. The highest BCUT2D eigenvalue weighted by Crippen LogP contribution is 2.35. The molecule has 0 saturated carbocycles. The zero-order chi connectivity index (χ0) is 13.9. The molecule has 0 amide bonds. The Morgan fingerprint density at radius 1 is 1.15 bits per heavy atom. The second-order valence-corrected chi connectivity index (χ2v) is 4.63. The number of benzene rings is 2. The van der Waals surface area contributed by atoms with Gasteiger partial charge < -0.3 is 14.8 Å². The van der Waals surface area contributed by atoms with Crippen LogP contribution in [-0.2, 0) is 0 Å². The third-order valence-corrected chi connectivity index (χ3v) is 3.30. The van der Waals surface area contributed by atoms with Crippen LogP contribution < -0.4 is 14.8 Å². The fraction of sp³-hybridized carbons (Fsp3) is 0.188. The monoisotopic (exact) mass is 266 g/mol. The van der Waals surface area contributed by atoms with E-state index in [-0.39, 0.29) is 6.79 Å². The minimum Gasteiger partial charge on any atom is -0.454 e. The molecule has 0 fully saturated rings. The summed E-state index contributed by atoms with van der Waals surface area (Å²) in [6.45, 7) is 2.25. The van der Waals surface area contributed by atoms with Crippen LogP contribution in [0, 0.1) is 18.3 Å². The van der Waals surface area contributed by atoms with Crippen molar-refractivity contribution in [1.29, 1.82) is 5.26 Å². The van der Waals surface area contributed by atoms with Crippen molar-refractivity contribution >= 4 is 5.69 Å². The van der Waals surface area contributed by atoms with Gasteiger partial charge >= 0.3 is 0 Å². The van der Waals surface area contributed by atoms with Crippen molar-refractivity contribution in [2.45, 2.75) is 13.0 Å². The van der Waals surface area contributed by atoms with Crippen LogP contribution in [0.2, 0.25) is 0 Å². The number of fused-ring (bicyclic) bond motifs is 1. The predicted molar refractivity (Wildman–Crippen MR) is 75.7 cm³/mol. The number of hydrogen-bond donors (Lipinski definition) is 1. The van der Waals surface area contributed by atoms with E-state index in [0.717, 1.165) is 22.6 Å². The number of nitrogens with zero attached hydrogens (tertiary/aromatic N) is 1. The molecule has 0 saturated heterocycles. The average Bonchev–Trinajstić information content (AvgIpc) is 2.94. The summed E-state index contributed by atoms with van der Waals surface area (Å²) in [5, 5.41) is 12.6. The van der Waals surface area contributed by atoms with Gasteiger partial charge in [-0.25, -0.2) is 0 Å². The molecule has 2 aromatic carbocycles. The minimum absolute atomic E-state index is 0.237. The number of hydrogen-bond acceptors (Lipinski definition) is 4. The largest absolute Gasteiger partial charge is 0.454 e. The summed E-state index contributed by atoms with van der Waals surface area (Å²) in [4.78, 5) is 0. The van der Waals surface area contributed by atoms with Crippen LogP contribution >= 0.6 is 0 Å².